The molecule has 0 unspecified atom stereocenters. The zero-order valence-corrected chi connectivity index (χ0v) is 19.8. The number of para-hydroxylation sites is 1. The first-order chi connectivity index (χ1) is 16.5. The first kappa shape index (κ1) is 23.1. The van der Waals surface area contributed by atoms with E-state index >= 15 is 0 Å². The number of nitrogens with one attached hydrogen (secondary N) is 1. The highest BCUT2D eigenvalue weighted by Crippen LogP contribution is 2.41. The molecule has 0 atom stereocenters. The molecule has 0 saturated carbocycles. The van der Waals surface area contributed by atoms with Gasteiger partial charge < -0.3 is 19.5 Å². The molecule has 0 aliphatic rings. The molecule has 1 amide bonds. The van der Waals surface area contributed by atoms with Crippen molar-refractivity contribution in [2.24, 2.45) is 7.05 Å². The van der Waals surface area contributed by atoms with Gasteiger partial charge in [-0.3, -0.25) is 9.48 Å². The fraction of sp³-hybridized carbons (Fsp3) is 0.269. The maximum atomic E-state index is 13.2. The van der Waals surface area contributed by atoms with Gasteiger partial charge >= 0.3 is 0 Å². The fourth-order valence-corrected chi connectivity index (χ4v) is 3.93. The highest BCUT2D eigenvalue weighted by atomic mass is 16.5. The summed E-state index contributed by atoms with van der Waals surface area (Å²) in [6, 6.07) is 13.1. The number of methoxy groups -OCH3 is 3. The largest absolute Gasteiger partial charge is 0.493 e. The average Bonchev–Trinajstić information content (AvgIpc) is 3.29. The second kappa shape index (κ2) is 10.2. The summed E-state index contributed by atoms with van der Waals surface area (Å²) in [5.74, 6) is 1.40. The van der Waals surface area contributed by atoms with Crippen molar-refractivity contribution in [1.82, 2.24) is 20.1 Å². The van der Waals surface area contributed by atoms with Crippen LogP contribution in [-0.4, -0.2) is 48.5 Å². The topological polar surface area (TPSA) is 87.5 Å². The number of pyridine rings is 1. The molecule has 4 aromatic rings. The lowest BCUT2D eigenvalue weighted by Crippen LogP contribution is -2.25. The van der Waals surface area contributed by atoms with Crippen LogP contribution < -0.4 is 19.5 Å². The normalized spacial score (nSPS) is 10.8. The minimum atomic E-state index is -0.140. The summed E-state index contributed by atoms with van der Waals surface area (Å²) in [6.07, 6.45) is 5.51. The Morgan fingerprint density at radius 3 is 2.41 bits per heavy atom. The van der Waals surface area contributed by atoms with Crippen LogP contribution in [0, 0.1) is 0 Å². The summed E-state index contributed by atoms with van der Waals surface area (Å²) in [5.41, 5.74) is 3.84. The second-order valence-corrected chi connectivity index (χ2v) is 7.87. The number of carbonyl (C=O) groups is 1. The van der Waals surface area contributed by atoms with E-state index in [2.05, 4.69) is 10.4 Å². The first-order valence-electron chi connectivity index (χ1n) is 11.0. The van der Waals surface area contributed by atoms with Crippen molar-refractivity contribution < 1.29 is 19.0 Å². The summed E-state index contributed by atoms with van der Waals surface area (Å²) in [7, 11) is 6.59. The minimum Gasteiger partial charge on any atom is -0.493 e. The number of hydrogen-bond acceptors (Lipinski definition) is 6. The Balaban J connectivity index is 1.63. The standard InChI is InChI=1S/C26H28N4O4/c1-30-16-17(15-28-30)8-7-11-27-26(31)20-14-22(29-21-10-6-5-9-19(20)21)18-12-23(32-2)25(34-4)24(13-18)33-3/h5-6,9-10,12-16H,7-8,11H2,1-4H3,(H,27,31). The number of carbonyl (C=O) groups excluding carboxylic acids is 1. The SMILES string of the molecule is COc1cc(-c2cc(C(=O)NCCCc3cnn(C)c3)c3ccccc3n2)cc(OC)c1OC. The summed E-state index contributed by atoms with van der Waals surface area (Å²) >= 11 is 0. The van der Waals surface area contributed by atoms with Gasteiger partial charge in [-0.2, -0.15) is 5.10 Å². The van der Waals surface area contributed by atoms with Crippen molar-refractivity contribution in [3.05, 3.63) is 66.0 Å². The van der Waals surface area contributed by atoms with Gasteiger partial charge in [-0.1, -0.05) is 18.2 Å². The van der Waals surface area contributed by atoms with E-state index in [0.29, 0.717) is 35.1 Å². The maximum Gasteiger partial charge on any atom is 0.252 e. The highest BCUT2D eigenvalue weighted by molar-refractivity contribution is 6.07. The average molecular weight is 461 g/mol. The summed E-state index contributed by atoms with van der Waals surface area (Å²) < 4.78 is 18.2. The lowest BCUT2D eigenvalue weighted by molar-refractivity contribution is 0.0955. The van der Waals surface area contributed by atoms with Crippen LogP contribution in [0.2, 0.25) is 0 Å². The van der Waals surface area contributed by atoms with Gasteiger partial charge in [0.05, 0.1) is 44.3 Å². The monoisotopic (exact) mass is 460 g/mol. The molecule has 8 nitrogen and oxygen atoms in total. The smallest absolute Gasteiger partial charge is 0.252 e. The Kier molecular flexibility index (Phi) is 6.96. The van der Waals surface area contributed by atoms with Crippen molar-refractivity contribution in [1.29, 1.82) is 0 Å². The summed E-state index contributed by atoms with van der Waals surface area (Å²) in [6.45, 7) is 0.559. The quantitative estimate of drug-likeness (QED) is 0.380. The van der Waals surface area contributed by atoms with E-state index in [1.165, 1.54) is 0 Å². The van der Waals surface area contributed by atoms with Crippen molar-refractivity contribution in [2.45, 2.75) is 12.8 Å². The van der Waals surface area contributed by atoms with Gasteiger partial charge in [0.2, 0.25) is 5.75 Å². The predicted molar refractivity (Wildman–Crippen MR) is 131 cm³/mol. The molecule has 2 aromatic heterocycles. The molecule has 0 aliphatic heterocycles. The Hall–Kier alpha value is -4.07. The van der Waals surface area contributed by atoms with Gasteiger partial charge in [0.1, 0.15) is 0 Å². The molecule has 0 saturated heterocycles. The van der Waals surface area contributed by atoms with Gasteiger partial charge in [0.25, 0.3) is 5.91 Å². The Morgan fingerprint density at radius 1 is 1.03 bits per heavy atom. The van der Waals surface area contributed by atoms with Crippen LogP contribution in [0.15, 0.2) is 54.9 Å². The zero-order valence-electron chi connectivity index (χ0n) is 19.8. The molecule has 0 fully saturated rings. The second-order valence-electron chi connectivity index (χ2n) is 7.87. The Bertz CT molecular complexity index is 1290. The van der Waals surface area contributed by atoms with Crippen LogP contribution in [0.5, 0.6) is 17.2 Å². The van der Waals surface area contributed by atoms with Gasteiger partial charge in [0.15, 0.2) is 11.5 Å². The molecule has 34 heavy (non-hydrogen) atoms. The number of aryl methyl sites for hydroxylation is 2. The van der Waals surface area contributed by atoms with Crippen LogP contribution in [0.4, 0.5) is 0 Å². The molecule has 0 radical (unpaired) electrons. The van der Waals surface area contributed by atoms with Gasteiger partial charge in [-0.25, -0.2) is 4.98 Å². The van der Waals surface area contributed by atoms with Crippen molar-refractivity contribution in [2.75, 3.05) is 27.9 Å². The predicted octanol–water partition coefficient (Wildman–Crippen LogP) is 4.02. The lowest BCUT2D eigenvalue weighted by atomic mass is 10.0. The van der Waals surface area contributed by atoms with E-state index in [4.69, 9.17) is 19.2 Å². The van der Waals surface area contributed by atoms with Crippen LogP contribution in [0.3, 0.4) is 0 Å². The van der Waals surface area contributed by atoms with E-state index in [-0.39, 0.29) is 5.91 Å². The van der Waals surface area contributed by atoms with E-state index in [1.807, 2.05) is 55.8 Å². The molecular formula is C26H28N4O4. The molecule has 4 rings (SSSR count). The minimum absolute atomic E-state index is 0.140. The molecule has 0 bridgehead atoms. The van der Waals surface area contributed by atoms with E-state index in [9.17, 15) is 4.79 Å². The molecule has 8 heteroatoms. The van der Waals surface area contributed by atoms with Crippen molar-refractivity contribution in [3.8, 4) is 28.5 Å². The molecule has 2 aromatic carbocycles. The number of aromatic nitrogens is 3. The highest BCUT2D eigenvalue weighted by Gasteiger charge is 2.18. The number of amides is 1. The molecule has 1 N–H and O–H groups in total. The third kappa shape index (κ3) is 4.80. The van der Waals surface area contributed by atoms with E-state index in [0.717, 1.165) is 34.9 Å². The molecule has 0 aliphatic carbocycles. The van der Waals surface area contributed by atoms with Crippen LogP contribution >= 0.6 is 0 Å². The number of rotatable bonds is 9. The van der Waals surface area contributed by atoms with Crippen LogP contribution in [0.1, 0.15) is 22.3 Å². The summed E-state index contributed by atoms with van der Waals surface area (Å²) in [5, 5.41) is 8.02. The molecular weight excluding hydrogens is 432 g/mol. The van der Waals surface area contributed by atoms with Gasteiger partial charge in [-0.15, -0.1) is 0 Å². The number of benzene rings is 2. The van der Waals surface area contributed by atoms with Crippen LogP contribution in [-0.2, 0) is 13.5 Å². The van der Waals surface area contributed by atoms with Gasteiger partial charge in [0, 0.05) is 30.7 Å². The van der Waals surface area contributed by atoms with Crippen molar-refractivity contribution in [3.63, 3.8) is 0 Å². The van der Waals surface area contributed by atoms with Gasteiger partial charge in [-0.05, 0) is 42.7 Å². The Morgan fingerprint density at radius 2 is 1.76 bits per heavy atom. The summed E-state index contributed by atoms with van der Waals surface area (Å²) in [4.78, 5) is 18.0. The third-order valence-corrected chi connectivity index (χ3v) is 5.61. The molecule has 0 spiro atoms. The van der Waals surface area contributed by atoms with Crippen LogP contribution in [0.25, 0.3) is 22.2 Å². The third-order valence-electron chi connectivity index (χ3n) is 5.61. The molecule has 2 heterocycles. The number of ether oxygens (including phenoxy) is 3. The number of hydrogen-bond donors (Lipinski definition) is 1. The zero-order chi connectivity index (χ0) is 24.1. The fourth-order valence-electron chi connectivity index (χ4n) is 3.93. The Labute approximate surface area is 198 Å². The lowest BCUT2D eigenvalue weighted by Gasteiger charge is -2.15. The maximum absolute atomic E-state index is 13.2. The number of nitrogens with zero attached hydrogens (tertiary/aromatic N) is 3. The molecule has 176 valence electrons. The van der Waals surface area contributed by atoms with E-state index < -0.39 is 0 Å². The first-order valence-corrected chi connectivity index (χ1v) is 11.0. The van der Waals surface area contributed by atoms with E-state index in [1.54, 1.807) is 32.1 Å². The van der Waals surface area contributed by atoms with Crippen molar-refractivity contribution >= 4 is 16.8 Å². The number of fused-ring (bicyclic) bond motifs is 1.